The number of benzene rings is 5. The van der Waals surface area contributed by atoms with Crippen LogP contribution in [0.15, 0.2) is 72.8 Å². The molecule has 0 saturated carbocycles. The first kappa shape index (κ1) is 22.7. The third-order valence-electron chi connectivity index (χ3n) is 7.48. The molecule has 0 N–H and O–H groups in total. The third kappa shape index (κ3) is 3.47. The summed E-state index contributed by atoms with van der Waals surface area (Å²) in [4.78, 5) is 2.43. The van der Waals surface area contributed by atoms with Gasteiger partial charge in [0.25, 0.3) is 0 Å². The first-order valence-corrected chi connectivity index (χ1v) is 12.8. The van der Waals surface area contributed by atoms with Crippen molar-refractivity contribution in [3.63, 3.8) is 0 Å². The van der Waals surface area contributed by atoms with E-state index >= 15 is 0 Å². The predicted octanol–water partition coefficient (Wildman–Crippen LogP) is 10.1. The van der Waals surface area contributed by atoms with Gasteiger partial charge in [-0.25, -0.2) is 0 Å². The topological polar surface area (TPSA) is 12.5 Å². The van der Waals surface area contributed by atoms with Gasteiger partial charge in [-0.3, -0.25) is 0 Å². The monoisotopic (exact) mass is 471 g/mol. The van der Waals surface area contributed by atoms with Crippen molar-refractivity contribution in [2.45, 2.75) is 53.9 Å². The number of hydrogen-bond acceptors (Lipinski definition) is 2. The van der Waals surface area contributed by atoms with Gasteiger partial charge in [0.05, 0.1) is 17.1 Å². The summed E-state index contributed by atoms with van der Waals surface area (Å²) in [6.45, 7) is 15.6. The Kier molecular flexibility index (Phi) is 4.95. The molecule has 2 heteroatoms. The first-order valence-electron chi connectivity index (χ1n) is 12.8. The third-order valence-corrected chi connectivity index (χ3v) is 7.48. The highest BCUT2D eigenvalue weighted by Gasteiger charge is 2.31. The number of aryl methyl sites for hydroxylation is 4. The van der Waals surface area contributed by atoms with Crippen LogP contribution in [0.4, 0.5) is 17.1 Å². The van der Waals surface area contributed by atoms with Gasteiger partial charge in [0.2, 0.25) is 0 Å². The maximum atomic E-state index is 6.88. The van der Waals surface area contributed by atoms with E-state index in [1.807, 2.05) is 0 Å². The zero-order valence-electron chi connectivity index (χ0n) is 22.3. The highest BCUT2D eigenvalue weighted by atomic mass is 16.5. The van der Waals surface area contributed by atoms with Gasteiger partial charge >= 0.3 is 0 Å². The van der Waals surface area contributed by atoms with Gasteiger partial charge in [0.15, 0.2) is 11.5 Å². The molecule has 6 rings (SSSR count). The van der Waals surface area contributed by atoms with Crippen LogP contribution >= 0.6 is 0 Å². The Morgan fingerprint density at radius 2 is 1.03 bits per heavy atom. The minimum Gasteiger partial charge on any atom is -0.452 e. The smallest absolute Gasteiger partial charge is 0.159 e. The van der Waals surface area contributed by atoms with E-state index in [1.165, 1.54) is 44.3 Å². The molecule has 0 saturated heterocycles. The highest BCUT2D eigenvalue weighted by Crippen LogP contribution is 2.56. The van der Waals surface area contributed by atoms with Gasteiger partial charge in [-0.1, -0.05) is 80.4 Å². The Bertz CT molecular complexity index is 1570. The van der Waals surface area contributed by atoms with E-state index in [4.69, 9.17) is 4.74 Å². The second-order valence-electron chi connectivity index (χ2n) is 11.4. The zero-order valence-corrected chi connectivity index (χ0v) is 22.3. The molecule has 2 nitrogen and oxygen atoms in total. The Balaban J connectivity index is 1.71. The summed E-state index contributed by atoms with van der Waals surface area (Å²) in [5.74, 6) is 1.85. The largest absolute Gasteiger partial charge is 0.452 e. The molecule has 0 bridgehead atoms. The van der Waals surface area contributed by atoms with Crippen molar-refractivity contribution in [3.8, 4) is 11.5 Å². The average molecular weight is 472 g/mol. The molecule has 0 aromatic heterocycles. The van der Waals surface area contributed by atoms with Gasteiger partial charge in [-0.15, -0.1) is 0 Å². The van der Waals surface area contributed by atoms with Crippen LogP contribution in [0, 0.1) is 27.7 Å². The van der Waals surface area contributed by atoms with E-state index in [9.17, 15) is 0 Å². The lowest BCUT2D eigenvalue weighted by molar-refractivity contribution is 0.488. The van der Waals surface area contributed by atoms with E-state index in [2.05, 4.69) is 126 Å². The zero-order chi connectivity index (χ0) is 25.4. The van der Waals surface area contributed by atoms with Crippen LogP contribution < -0.4 is 9.64 Å². The fourth-order valence-corrected chi connectivity index (χ4v) is 5.57. The summed E-state index contributed by atoms with van der Waals surface area (Å²) in [6.07, 6.45) is 0. The van der Waals surface area contributed by atoms with Crippen LogP contribution in [-0.4, -0.2) is 0 Å². The van der Waals surface area contributed by atoms with E-state index in [1.54, 1.807) is 0 Å². The molecule has 36 heavy (non-hydrogen) atoms. The van der Waals surface area contributed by atoms with Gasteiger partial charge in [0, 0.05) is 10.8 Å². The molecule has 1 aliphatic heterocycles. The number of hydrogen-bond donors (Lipinski definition) is 0. The number of ether oxygens (including phenoxy) is 1. The summed E-state index contributed by atoms with van der Waals surface area (Å²) in [5.41, 5.74) is 9.85. The maximum absolute atomic E-state index is 6.88. The Morgan fingerprint density at radius 3 is 1.47 bits per heavy atom. The van der Waals surface area contributed by atoms with Crippen molar-refractivity contribution in [2.24, 2.45) is 0 Å². The summed E-state index contributed by atoms with van der Waals surface area (Å²) in [5, 5.41) is 4.68. The quantitative estimate of drug-likeness (QED) is 0.236. The van der Waals surface area contributed by atoms with E-state index < -0.39 is 0 Å². The van der Waals surface area contributed by atoms with E-state index in [0.717, 1.165) is 33.6 Å². The fraction of sp³-hybridized carbons (Fsp3) is 0.235. The molecule has 5 aromatic rings. The molecule has 1 heterocycles. The SMILES string of the molecule is Cc1ccc2ccc3c(c2c1)Oc1c(ccc2ccc(C)cc12)N3c1c(C)cc(C(C)(C)C)cc1C. The second-order valence-corrected chi connectivity index (χ2v) is 11.4. The minimum absolute atomic E-state index is 0.0936. The number of nitrogens with zero attached hydrogens (tertiary/aromatic N) is 1. The van der Waals surface area contributed by atoms with E-state index in [-0.39, 0.29) is 5.41 Å². The lowest BCUT2D eigenvalue weighted by Gasteiger charge is -2.36. The van der Waals surface area contributed by atoms with Crippen LogP contribution in [0.3, 0.4) is 0 Å². The van der Waals surface area contributed by atoms with Gasteiger partial charge in [-0.2, -0.15) is 0 Å². The predicted molar refractivity (Wildman–Crippen MR) is 154 cm³/mol. The van der Waals surface area contributed by atoms with Crippen LogP contribution in [-0.2, 0) is 5.41 Å². The molecule has 0 unspecified atom stereocenters. The van der Waals surface area contributed by atoms with Crippen LogP contribution in [0.1, 0.15) is 48.6 Å². The van der Waals surface area contributed by atoms with Crippen LogP contribution in [0.2, 0.25) is 0 Å². The lowest BCUT2D eigenvalue weighted by atomic mass is 9.84. The molecule has 0 spiro atoms. The van der Waals surface area contributed by atoms with Crippen molar-refractivity contribution >= 4 is 38.6 Å². The van der Waals surface area contributed by atoms with Crippen molar-refractivity contribution in [1.29, 1.82) is 0 Å². The first-order chi connectivity index (χ1) is 17.1. The molecule has 5 aromatic carbocycles. The molecule has 0 aliphatic carbocycles. The fourth-order valence-electron chi connectivity index (χ4n) is 5.57. The molecule has 0 fully saturated rings. The summed E-state index contributed by atoms with van der Waals surface area (Å²) < 4.78 is 6.88. The lowest BCUT2D eigenvalue weighted by Crippen LogP contribution is -2.19. The average Bonchev–Trinajstić information content (AvgIpc) is 2.82. The highest BCUT2D eigenvalue weighted by molar-refractivity contribution is 6.04. The van der Waals surface area contributed by atoms with Crippen molar-refractivity contribution in [2.75, 3.05) is 4.90 Å². The number of anilines is 3. The molecule has 0 atom stereocenters. The Hall–Kier alpha value is -3.78. The molecule has 0 radical (unpaired) electrons. The molecular formula is C34H33NO. The normalized spacial score (nSPS) is 13.0. The van der Waals surface area contributed by atoms with Crippen molar-refractivity contribution < 1.29 is 4.74 Å². The van der Waals surface area contributed by atoms with Crippen LogP contribution in [0.25, 0.3) is 21.5 Å². The van der Waals surface area contributed by atoms with Gasteiger partial charge < -0.3 is 9.64 Å². The Labute approximate surface area is 214 Å². The van der Waals surface area contributed by atoms with Crippen molar-refractivity contribution in [1.82, 2.24) is 0 Å². The van der Waals surface area contributed by atoms with Gasteiger partial charge in [-0.05, 0) is 84.8 Å². The van der Waals surface area contributed by atoms with E-state index in [0.29, 0.717) is 0 Å². The number of rotatable bonds is 1. The molecule has 0 amide bonds. The summed E-state index contributed by atoms with van der Waals surface area (Å²) in [6, 6.07) is 26.8. The molecule has 180 valence electrons. The second kappa shape index (κ2) is 7.86. The standard InChI is InChI=1S/C34H33NO/c1-20-8-10-24-12-14-29-32(27(24)16-20)36-33-28-17-21(2)9-11-25(28)13-15-30(33)35(29)31-22(3)18-26(19-23(31)4)34(5,6)7/h8-19H,1-7H3. The van der Waals surface area contributed by atoms with Crippen molar-refractivity contribution in [3.05, 3.63) is 101 Å². The minimum atomic E-state index is 0.0936. The number of fused-ring (bicyclic) bond motifs is 6. The summed E-state index contributed by atoms with van der Waals surface area (Å²) >= 11 is 0. The van der Waals surface area contributed by atoms with Crippen LogP contribution in [0.5, 0.6) is 11.5 Å². The Morgan fingerprint density at radius 1 is 0.583 bits per heavy atom. The molecule has 1 aliphatic rings. The summed E-state index contributed by atoms with van der Waals surface area (Å²) in [7, 11) is 0. The maximum Gasteiger partial charge on any atom is 0.159 e. The molecular weight excluding hydrogens is 438 g/mol. The van der Waals surface area contributed by atoms with Gasteiger partial charge in [0.1, 0.15) is 0 Å².